The van der Waals surface area contributed by atoms with Crippen molar-refractivity contribution in [3.63, 3.8) is 0 Å². The number of isocyanates is 1. The zero-order chi connectivity index (χ0) is 13.3. The predicted octanol–water partition coefficient (Wildman–Crippen LogP) is 2.87. The maximum atomic E-state index is 10.8. The molecule has 3 rings (SSSR count). The summed E-state index contributed by atoms with van der Waals surface area (Å²) in [7, 11) is 0. The minimum absolute atomic E-state index is 0.401. The van der Waals surface area contributed by atoms with Gasteiger partial charge in [-0.05, 0) is 31.4 Å². The molecule has 1 aliphatic heterocycles. The number of nitrogens with zero attached hydrogens (tertiary/aromatic N) is 1. The largest absolute Gasteiger partial charge is 0.486 e. The third-order valence-corrected chi connectivity index (χ3v) is 4.15. The van der Waals surface area contributed by atoms with Crippen molar-refractivity contribution in [3.8, 4) is 11.5 Å². The Balaban J connectivity index is 2.12. The monoisotopic (exact) mass is 259 g/mol. The van der Waals surface area contributed by atoms with E-state index in [0.29, 0.717) is 13.2 Å². The van der Waals surface area contributed by atoms with E-state index < -0.39 is 5.54 Å². The van der Waals surface area contributed by atoms with Crippen LogP contribution in [0.3, 0.4) is 0 Å². The van der Waals surface area contributed by atoms with Crippen LogP contribution in [0.4, 0.5) is 0 Å². The summed E-state index contributed by atoms with van der Waals surface area (Å²) < 4.78 is 11.3. The molecule has 0 spiro atoms. The highest BCUT2D eigenvalue weighted by Crippen LogP contribution is 2.47. The molecule has 0 N–H and O–H groups in total. The second-order valence-electron chi connectivity index (χ2n) is 5.20. The van der Waals surface area contributed by atoms with Gasteiger partial charge in [-0.3, -0.25) is 0 Å². The smallest absolute Gasteiger partial charge is 0.235 e. The van der Waals surface area contributed by atoms with E-state index >= 15 is 0 Å². The molecule has 0 radical (unpaired) electrons. The zero-order valence-electron chi connectivity index (χ0n) is 11.1. The summed E-state index contributed by atoms with van der Waals surface area (Å²) in [5.74, 6) is 1.59. The summed E-state index contributed by atoms with van der Waals surface area (Å²) in [6.07, 6.45) is 5.76. The van der Waals surface area contributed by atoms with E-state index in [4.69, 9.17) is 9.47 Å². The molecule has 1 saturated carbocycles. The quantitative estimate of drug-likeness (QED) is 0.606. The molecule has 1 aromatic carbocycles. The van der Waals surface area contributed by atoms with Crippen LogP contribution >= 0.6 is 0 Å². The average molecular weight is 259 g/mol. The Bertz CT molecular complexity index is 541. The lowest BCUT2D eigenvalue weighted by molar-refractivity contribution is 0.170. The summed E-state index contributed by atoms with van der Waals surface area (Å²) >= 11 is 0. The molecule has 19 heavy (non-hydrogen) atoms. The van der Waals surface area contributed by atoms with Crippen LogP contribution in [0.5, 0.6) is 11.5 Å². The van der Waals surface area contributed by atoms with Gasteiger partial charge in [0.25, 0.3) is 0 Å². The maximum Gasteiger partial charge on any atom is 0.235 e. The Labute approximate surface area is 112 Å². The molecule has 1 aromatic rings. The van der Waals surface area contributed by atoms with Gasteiger partial charge in [0, 0.05) is 5.56 Å². The van der Waals surface area contributed by atoms with Crippen LogP contribution in [-0.2, 0) is 10.3 Å². The molecular weight excluding hydrogens is 242 g/mol. The first-order valence-corrected chi connectivity index (χ1v) is 6.75. The van der Waals surface area contributed by atoms with Crippen molar-refractivity contribution >= 4 is 6.08 Å². The SMILES string of the molecule is Cc1c(C2(N=C=O)CCCC2)ccc2c1OCCO2. The molecule has 1 heterocycles. The lowest BCUT2D eigenvalue weighted by atomic mass is 9.85. The van der Waals surface area contributed by atoms with Crippen molar-refractivity contribution in [2.45, 2.75) is 38.1 Å². The molecule has 1 fully saturated rings. The van der Waals surface area contributed by atoms with Gasteiger partial charge < -0.3 is 9.47 Å². The molecule has 0 atom stereocenters. The van der Waals surface area contributed by atoms with E-state index in [2.05, 4.69) is 4.99 Å². The first-order valence-electron chi connectivity index (χ1n) is 6.75. The van der Waals surface area contributed by atoms with Crippen LogP contribution in [-0.4, -0.2) is 19.3 Å². The summed E-state index contributed by atoms with van der Waals surface area (Å²) in [6.45, 7) is 3.17. The van der Waals surface area contributed by atoms with Gasteiger partial charge in [-0.15, -0.1) is 0 Å². The van der Waals surface area contributed by atoms with Gasteiger partial charge in [-0.1, -0.05) is 18.9 Å². The minimum Gasteiger partial charge on any atom is -0.486 e. The van der Waals surface area contributed by atoms with E-state index in [1.807, 2.05) is 19.1 Å². The lowest BCUT2D eigenvalue weighted by Gasteiger charge is -2.28. The third kappa shape index (κ3) is 1.92. The van der Waals surface area contributed by atoms with E-state index in [1.165, 1.54) is 0 Å². The van der Waals surface area contributed by atoms with Gasteiger partial charge in [0.05, 0.1) is 5.54 Å². The Morgan fingerprint density at radius 2 is 1.95 bits per heavy atom. The van der Waals surface area contributed by atoms with Crippen LogP contribution in [0.25, 0.3) is 0 Å². The van der Waals surface area contributed by atoms with E-state index in [0.717, 1.165) is 48.3 Å². The van der Waals surface area contributed by atoms with Gasteiger partial charge in [0.1, 0.15) is 13.2 Å². The van der Waals surface area contributed by atoms with Gasteiger partial charge in [-0.2, -0.15) is 4.99 Å². The Morgan fingerprint density at radius 1 is 1.21 bits per heavy atom. The summed E-state index contributed by atoms with van der Waals surface area (Å²) in [4.78, 5) is 14.9. The number of hydrogen-bond donors (Lipinski definition) is 0. The van der Waals surface area contributed by atoms with Crippen LogP contribution < -0.4 is 9.47 Å². The molecule has 0 aromatic heterocycles. The first-order chi connectivity index (χ1) is 9.27. The maximum absolute atomic E-state index is 10.8. The molecule has 2 aliphatic rings. The van der Waals surface area contributed by atoms with E-state index in [9.17, 15) is 4.79 Å². The lowest BCUT2D eigenvalue weighted by Crippen LogP contribution is -2.23. The molecule has 0 amide bonds. The number of rotatable bonds is 2. The highest BCUT2D eigenvalue weighted by Gasteiger charge is 2.38. The molecule has 4 nitrogen and oxygen atoms in total. The van der Waals surface area contributed by atoms with Gasteiger partial charge in [0.2, 0.25) is 6.08 Å². The van der Waals surface area contributed by atoms with Crippen LogP contribution in [0.2, 0.25) is 0 Å². The second kappa shape index (κ2) is 4.71. The predicted molar refractivity (Wildman–Crippen MR) is 70.4 cm³/mol. The van der Waals surface area contributed by atoms with E-state index in [-0.39, 0.29) is 0 Å². The molecule has 1 aliphatic carbocycles. The van der Waals surface area contributed by atoms with Gasteiger partial charge in [0.15, 0.2) is 11.5 Å². The highest BCUT2D eigenvalue weighted by molar-refractivity contribution is 5.54. The molecular formula is C15H17NO3. The molecule has 4 heteroatoms. The number of hydrogen-bond acceptors (Lipinski definition) is 4. The summed E-state index contributed by atoms with van der Waals surface area (Å²) in [5, 5.41) is 0. The van der Waals surface area contributed by atoms with Crippen LogP contribution in [0, 0.1) is 6.92 Å². The number of fused-ring (bicyclic) bond motifs is 1. The standard InChI is InChI=1S/C15H17NO3/c1-11-12(15(16-10-17)6-2-3-7-15)4-5-13-14(11)19-9-8-18-13/h4-5H,2-3,6-9H2,1H3. The van der Waals surface area contributed by atoms with Crippen molar-refractivity contribution in [2.24, 2.45) is 4.99 Å². The number of aliphatic imine (C=N–C) groups is 1. The number of benzene rings is 1. The van der Waals surface area contributed by atoms with Crippen LogP contribution in [0.15, 0.2) is 17.1 Å². The zero-order valence-corrected chi connectivity index (χ0v) is 11.1. The first kappa shape index (κ1) is 12.2. The van der Waals surface area contributed by atoms with Crippen molar-refractivity contribution < 1.29 is 14.3 Å². The number of ether oxygens (including phenoxy) is 2. The topological polar surface area (TPSA) is 47.9 Å². The van der Waals surface area contributed by atoms with Gasteiger partial charge in [-0.25, -0.2) is 4.79 Å². The summed E-state index contributed by atoms with van der Waals surface area (Å²) in [6, 6.07) is 3.95. The fraction of sp³-hybridized carbons (Fsp3) is 0.533. The molecule has 0 bridgehead atoms. The third-order valence-electron chi connectivity index (χ3n) is 4.15. The average Bonchev–Trinajstić information content (AvgIpc) is 2.89. The Morgan fingerprint density at radius 3 is 2.68 bits per heavy atom. The van der Waals surface area contributed by atoms with Crippen molar-refractivity contribution in [1.82, 2.24) is 0 Å². The van der Waals surface area contributed by atoms with Crippen molar-refractivity contribution in [1.29, 1.82) is 0 Å². The Hall–Kier alpha value is -1.80. The second-order valence-corrected chi connectivity index (χ2v) is 5.20. The van der Waals surface area contributed by atoms with E-state index in [1.54, 1.807) is 6.08 Å². The molecule has 100 valence electrons. The molecule has 0 unspecified atom stereocenters. The normalized spacial score (nSPS) is 19.8. The Kier molecular flexibility index (Phi) is 3.03. The van der Waals surface area contributed by atoms with Crippen molar-refractivity contribution in [2.75, 3.05) is 13.2 Å². The highest BCUT2D eigenvalue weighted by atomic mass is 16.6. The minimum atomic E-state index is -0.401. The fourth-order valence-corrected chi connectivity index (χ4v) is 3.25. The fourth-order valence-electron chi connectivity index (χ4n) is 3.25. The van der Waals surface area contributed by atoms with Crippen LogP contribution in [0.1, 0.15) is 36.8 Å². The number of carbonyl (C=O) groups excluding carboxylic acids is 1. The summed E-state index contributed by atoms with van der Waals surface area (Å²) in [5.41, 5.74) is 1.72. The molecule has 0 saturated heterocycles. The van der Waals surface area contributed by atoms with Crippen molar-refractivity contribution in [3.05, 3.63) is 23.3 Å². The van der Waals surface area contributed by atoms with Gasteiger partial charge >= 0.3 is 0 Å².